The van der Waals surface area contributed by atoms with Crippen LogP contribution in [0.2, 0.25) is 0 Å². The number of aromatic nitrogens is 1. The Morgan fingerprint density at radius 1 is 1.31 bits per heavy atom. The van der Waals surface area contributed by atoms with E-state index >= 15 is 0 Å². The Balaban J connectivity index is 2.35. The van der Waals surface area contributed by atoms with Crippen LogP contribution in [-0.2, 0) is 4.65 Å². The van der Waals surface area contributed by atoms with E-state index in [1.54, 1.807) is 24.3 Å². The predicted molar refractivity (Wildman–Crippen MR) is 55.1 cm³/mol. The molecule has 0 aliphatic carbocycles. The number of para-hydroxylation sites is 1. The lowest BCUT2D eigenvalue weighted by Crippen LogP contribution is -2.13. The Morgan fingerprint density at radius 2 is 2.06 bits per heavy atom. The second-order valence-corrected chi connectivity index (χ2v) is 3.08. The van der Waals surface area contributed by atoms with E-state index in [0.29, 0.717) is 10.9 Å². The molecule has 80 valence electrons. The van der Waals surface area contributed by atoms with Crippen molar-refractivity contribution < 1.29 is 18.1 Å². The molecular weight excluding hydrogens is 215 g/mol. The summed E-state index contributed by atoms with van der Waals surface area (Å²) in [5, 5.41) is 0.700. The first-order valence-electron chi connectivity index (χ1n) is 4.51. The third-order valence-corrected chi connectivity index (χ3v) is 2.02. The molecule has 0 spiro atoms. The van der Waals surface area contributed by atoms with Gasteiger partial charge in [0.2, 0.25) is 0 Å². The fourth-order valence-electron chi connectivity index (χ4n) is 1.33. The van der Waals surface area contributed by atoms with Crippen molar-refractivity contribution in [3.05, 3.63) is 42.1 Å². The molecule has 16 heavy (non-hydrogen) atoms. The van der Waals surface area contributed by atoms with Crippen LogP contribution in [0.4, 0.5) is 8.63 Å². The highest BCUT2D eigenvalue weighted by atomic mass is 19.2. The highest BCUT2D eigenvalue weighted by molar-refractivity contribution is 6.38. The summed E-state index contributed by atoms with van der Waals surface area (Å²) < 4.78 is 27.4. The number of fused-ring (bicyclic) bond motifs is 1. The molecule has 0 unspecified atom stereocenters. The maximum Gasteiger partial charge on any atom is 0.798 e. The van der Waals surface area contributed by atoms with E-state index in [1.165, 1.54) is 12.3 Å². The van der Waals surface area contributed by atoms with E-state index in [0.717, 1.165) is 0 Å². The Bertz CT molecular complexity index is 533. The van der Waals surface area contributed by atoms with Gasteiger partial charge in [0.1, 0.15) is 0 Å². The largest absolute Gasteiger partial charge is 0.798 e. The second-order valence-electron chi connectivity index (χ2n) is 3.08. The van der Waals surface area contributed by atoms with Gasteiger partial charge in [0.15, 0.2) is 0 Å². The van der Waals surface area contributed by atoms with E-state index in [9.17, 15) is 13.4 Å². The maximum absolute atomic E-state index is 11.8. The van der Waals surface area contributed by atoms with Crippen LogP contribution in [0.15, 0.2) is 36.5 Å². The number of carbonyl (C=O) groups is 1. The monoisotopic (exact) mass is 221 g/mol. The number of carbonyl (C=O) groups excluding carboxylic acids is 1. The van der Waals surface area contributed by atoms with Gasteiger partial charge in [0, 0.05) is 11.6 Å². The van der Waals surface area contributed by atoms with Gasteiger partial charge in [-0.2, -0.15) is 0 Å². The molecule has 0 amide bonds. The first-order chi connectivity index (χ1) is 7.66. The molecule has 6 heteroatoms. The topological polar surface area (TPSA) is 39.2 Å². The van der Waals surface area contributed by atoms with Crippen molar-refractivity contribution >= 4 is 24.3 Å². The summed E-state index contributed by atoms with van der Waals surface area (Å²) in [5.41, 5.74) is 0.704. The highest BCUT2D eigenvalue weighted by Gasteiger charge is 2.22. The lowest BCUT2D eigenvalue weighted by Gasteiger charge is -2.02. The first-order valence-corrected chi connectivity index (χ1v) is 4.51. The Hall–Kier alpha value is -1.98. The van der Waals surface area contributed by atoms with Gasteiger partial charge in [-0.25, -0.2) is 13.4 Å². The van der Waals surface area contributed by atoms with Gasteiger partial charge >= 0.3 is 13.4 Å². The number of hydrogen-bond acceptors (Lipinski definition) is 3. The summed E-state index contributed by atoms with van der Waals surface area (Å²) >= 11 is 0. The predicted octanol–water partition coefficient (Wildman–Crippen LogP) is 2.32. The quantitative estimate of drug-likeness (QED) is 0.730. The summed E-state index contributed by atoms with van der Waals surface area (Å²) in [6, 6.07) is 8.53. The van der Waals surface area contributed by atoms with E-state index in [4.69, 9.17) is 0 Å². The van der Waals surface area contributed by atoms with Gasteiger partial charge in [0.05, 0.1) is 11.1 Å². The van der Waals surface area contributed by atoms with Crippen molar-refractivity contribution in [1.82, 2.24) is 4.98 Å². The molecule has 0 fully saturated rings. The van der Waals surface area contributed by atoms with Crippen LogP contribution in [0.25, 0.3) is 10.9 Å². The van der Waals surface area contributed by atoms with E-state index in [-0.39, 0.29) is 5.56 Å². The molecule has 2 aromatic rings. The average molecular weight is 221 g/mol. The van der Waals surface area contributed by atoms with Crippen LogP contribution in [0.3, 0.4) is 0 Å². The minimum absolute atomic E-state index is 0.0130. The molecule has 0 radical (unpaired) electrons. The molecule has 1 aromatic carbocycles. The molecule has 1 aromatic heterocycles. The van der Waals surface area contributed by atoms with Crippen LogP contribution in [0, 0.1) is 0 Å². The van der Waals surface area contributed by atoms with Gasteiger partial charge in [-0.05, 0) is 12.1 Å². The van der Waals surface area contributed by atoms with E-state index in [1.807, 2.05) is 0 Å². The number of halogens is 2. The number of nitrogens with zero attached hydrogens (tertiary/aromatic N) is 1. The molecule has 0 aliphatic rings. The van der Waals surface area contributed by atoms with E-state index in [2.05, 4.69) is 9.64 Å². The molecule has 0 aliphatic heterocycles. The lowest BCUT2D eigenvalue weighted by molar-refractivity contribution is 0.0695. The molecule has 0 saturated heterocycles. The Morgan fingerprint density at radius 3 is 2.81 bits per heavy atom. The zero-order valence-corrected chi connectivity index (χ0v) is 8.06. The second kappa shape index (κ2) is 4.26. The highest BCUT2D eigenvalue weighted by Crippen LogP contribution is 2.13. The summed E-state index contributed by atoms with van der Waals surface area (Å²) in [6.45, 7) is 0. The van der Waals surface area contributed by atoms with Crippen molar-refractivity contribution in [2.24, 2.45) is 0 Å². The average Bonchev–Trinajstić information content (AvgIpc) is 2.27. The summed E-state index contributed by atoms with van der Waals surface area (Å²) in [4.78, 5) is 15.1. The van der Waals surface area contributed by atoms with Gasteiger partial charge in [-0.15, -0.1) is 0 Å². The van der Waals surface area contributed by atoms with Crippen molar-refractivity contribution in [2.75, 3.05) is 0 Å². The summed E-state index contributed by atoms with van der Waals surface area (Å²) in [7, 11) is -3.11. The molecule has 0 atom stereocenters. The van der Waals surface area contributed by atoms with Gasteiger partial charge in [-0.3, -0.25) is 4.98 Å². The minimum Gasteiger partial charge on any atom is -0.474 e. The van der Waals surface area contributed by atoms with Gasteiger partial charge in [-0.1, -0.05) is 18.2 Å². The number of pyridine rings is 1. The zero-order valence-electron chi connectivity index (χ0n) is 8.06. The van der Waals surface area contributed by atoms with Gasteiger partial charge < -0.3 is 4.65 Å². The van der Waals surface area contributed by atoms with Crippen molar-refractivity contribution in [3.63, 3.8) is 0 Å². The molecule has 0 N–H and O–H groups in total. The van der Waals surface area contributed by atoms with E-state index < -0.39 is 13.4 Å². The van der Waals surface area contributed by atoms with Crippen LogP contribution < -0.4 is 0 Å². The summed E-state index contributed by atoms with van der Waals surface area (Å²) in [6.07, 6.45) is 1.22. The molecule has 2 rings (SSSR count). The third-order valence-electron chi connectivity index (χ3n) is 2.02. The SMILES string of the molecule is O=C(OB(F)F)c1cnc2ccccc2c1. The lowest BCUT2D eigenvalue weighted by atomic mass is 10.1. The number of rotatable bonds is 2. The molecule has 0 saturated carbocycles. The zero-order chi connectivity index (χ0) is 11.5. The normalized spacial score (nSPS) is 10.1. The Labute approximate surface area is 90.3 Å². The van der Waals surface area contributed by atoms with Crippen LogP contribution in [0.5, 0.6) is 0 Å². The maximum atomic E-state index is 11.8. The third kappa shape index (κ3) is 2.16. The van der Waals surface area contributed by atoms with Crippen molar-refractivity contribution in [2.45, 2.75) is 0 Å². The summed E-state index contributed by atoms with van der Waals surface area (Å²) in [5.74, 6) is -1.08. The minimum atomic E-state index is -3.11. The van der Waals surface area contributed by atoms with Crippen LogP contribution >= 0.6 is 0 Å². The number of benzene rings is 1. The molecular formula is C10H6BF2NO2. The first kappa shape index (κ1) is 10.5. The Kier molecular flexibility index (Phi) is 2.81. The van der Waals surface area contributed by atoms with Crippen molar-refractivity contribution in [1.29, 1.82) is 0 Å². The van der Waals surface area contributed by atoms with Crippen molar-refractivity contribution in [3.8, 4) is 0 Å². The van der Waals surface area contributed by atoms with Crippen LogP contribution in [0.1, 0.15) is 10.4 Å². The van der Waals surface area contributed by atoms with Gasteiger partial charge in [0.25, 0.3) is 0 Å². The number of hydrogen-bond donors (Lipinski definition) is 0. The standard InChI is InChI=1S/C10H6BF2NO2/c12-11(13)16-10(15)8-5-7-3-1-2-4-9(7)14-6-8/h1-6H. The fraction of sp³-hybridized carbons (Fsp3) is 0. The molecule has 3 nitrogen and oxygen atoms in total. The smallest absolute Gasteiger partial charge is 0.474 e. The molecule has 0 bridgehead atoms. The molecule has 1 heterocycles. The van der Waals surface area contributed by atoms with Crippen LogP contribution in [-0.4, -0.2) is 18.4 Å². The fourth-order valence-corrected chi connectivity index (χ4v) is 1.33.